The fraction of sp³-hybridized carbons (Fsp3) is 0.222. The molecule has 0 aliphatic heterocycles. The van der Waals surface area contributed by atoms with Gasteiger partial charge in [-0.2, -0.15) is 0 Å². The third-order valence-corrected chi connectivity index (χ3v) is 1.46. The van der Waals surface area contributed by atoms with Crippen molar-refractivity contribution >= 4 is 18.6 Å². The molecule has 0 aliphatic carbocycles. The van der Waals surface area contributed by atoms with Gasteiger partial charge in [0.2, 0.25) is 0 Å². The number of hydrogen-bond acceptors (Lipinski definition) is 4. The van der Waals surface area contributed by atoms with Crippen molar-refractivity contribution < 1.29 is 25.1 Å². The first-order chi connectivity index (χ1) is 7.02. The first-order valence-electron chi connectivity index (χ1n) is 4.33. The van der Waals surface area contributed by atoms with Gasteiger partial charge < -0.3 is 20.3 Å². The van der Waals surface area contributed by atoms with Gasteiger partial charge in [-0.25, -0.2) is 4.79 Å². The van der Waals surface area contributed by atoms with Crippen LogP contribution < -0.4 is 5.46 Å². The number of carbonyl (C=O) groups is 1. The van der Waals surface area contributed by atoms with E-state index in [1.807, 2.05) is 0 Å². The van der Waals surface area contributed by atoms with Gasteiger partial charge in [0.1, 0.15) is 0 Å². The number of carboxylic acid groups (broad SMARTS) is 1. The Bertz CT molecular complexity index is 296. The lowest BCUT2D eigenvalue weighted by atomic mass is 9.80. The van der Waals surface area contributed by atoms with E-state index in [9.17, 15) is 4.79 Å². The fourth-order valence-electron chi connectivity index (χ4n) is 0.798. The minimum Gasteiger partial charge on any atom is -0.478 e. The summed E-state index contributed by atoms with van der Waals surface area (Å²) >= 11 is 0. The van der Waals surface area contributed by atoms with Crippen LogP contribution >= 0.6 is 0 Å². The minimum absolute atomic E-state index is 0.124. The molecule has 0 bridgehead atoms. The zero-order chi connectivity index (χ0) is 11.8. The fourth-order valence-corrected chi connectivity index (χ4v) is 0.798. The Morgan fingerprint density at radius 2 is 1.67 bits per heavy atom. The lowest BCUT2D eigenvalue weighted by Gasteiger charge is -1.98. The molecule has 5 nitrogen and oxygen atoms in total. The monoisotopic (exact) mass is 212 g/mol. The van der Waals surface area contributed by atoms with E-state index >= 15 is 0 Å². The van der Waals surface area contributed by atoms with Crippen LogP contribution in [0.3, 0.4) is 0 Å². The third kappa shape index (κ3) is 5.16. The second-order valence-corrected chi connectivity index (χ2v) is 2.62. The van der Waals surface area contributed by atoms with E-state index in [4.69, 9.17) is 20.3 Å². The molecular weight excluding hydrogens is 199 g/mol. The Kier molecular flexibility index (Phi) is 6.36. The lowest BCUT2D eigenvalue weighted by Crippen LogP contribution is -2.29. The van der Waals surface area contributed by atoms with Crippen LogP contribution in [0.2, 0.25) is 0 Å². The van der Waals surface area contributed by atoms with E-state index in [0.29, 0.717) is 0 Å². The number of aliphatic hydroxyl groups is 1. The third-order valence-electron chi connectivity index (χ3n) is 1.46. The normalized spacial score (nSPS) is 8.80. The largest absolute Gasteiger partial charge is 0.488 e. The lowest BCUT2D eigenvalue weighted by molar-refractivity contribution is 0.0697. The van der Waals surface area contributed by atoms with Crippen molar-refractivity contribution in [1.29, 1.82) is 0 Å². The standard InChI is InChI=1S/C7H7BO4.C2H6O/c9-7(10)5-1-3-6(4-2-5)8(11)12;1-2-3/h1-4,11-12H,(H,9,10);3H,2H2,1H3. The highest BCUT2D eigenvalue weighted by molar-refractivity contribution is 6.58. The summed E-state index contributed by atoms with van der Waals surface area (Å²) in [6.07, 6.45) is 0. The van der Waals surface area contributed by atoms with Gasteiger partial charge in [0, 0.05) is 6.61 Å². The highest BCUT2D eigenvalue weighted by Gasteiger charge is 2.10. The predicted molar refractivity (Wildman–Crippen MR) is 56.0 cm³/mol. The van der Waals surface area contributed by atoms with Crippen molar-refractivity contribution in [3.8, 4) is 0 Å². The molecule has 0 atom stereocenters. The highest BCUT2D eigenvalue weighted by Crippen LogP contribution is 1.96. The van der Waals surface area contributed by atoms with E-state index in [0.717, 1.165) is 0 Å². The van der Waals surface area contributed by atoms with Gasteiger partial charge in [0.15, 0.2) is 0 Å². The topological polar surface area (TPSA) is 98.0 Å². The Morgan fingerprint density at radius 3 is 1.93 bits per heavy atom. The van der Waals surface area contributed by atoms with Gasteiger partial charge >= 0.3 is 13.1 Å². The van der Waals surface area contributed by atoms with Gasteiger partial charge in [-0.1, -0.05) is 12.1 Å². The van der Waals surface area contributed by atoms with Crippen molar-refractivity contribution in [3.05, 3.63) is 29.8 Å². The zero-order valence-corrected chi connectivity index (χ0v) is 8.29. The van der Waals surface area contributed by atoms with Crippen LogP contribution in [-0.2, 0) is 0 Å². The van der Waals surface area contributed by atoms with Crippen LogP contribution in [0.1, 0.15) is 17.3 Å². The summed E-state index contributed by atoms with van der Waals surface area (Å²) in [4.78, 5) is 10.4. The number of aromatic carboxylic acids is 1. The van der Waals surface area contributed by atoms with Gasteiger partial charge in [0.25, 0.3) is 0 Å². The minimum atomic E-state index is -1.55. The summed E-state index contributed by atoms with van der Waals surface area (Å²) in [5.41, 5.74) is 0.402. The summed E-state index contributed by atoms with van der Waals surface area (Å²) in [7, 11) is -1.55. The Morgan fingerprint density at radius 1 is 1.27 bits per heavy atom. The molecule has 1 aromatic rings. The molecule has 0 aromatic heterocycles. The molecule has 1 aromatic carbocycles. The van der Waals surface area contributed by atoms with Crippen LogP contribution in [0.15, 0.2) is 24.3 Å². The Balaban J connectivity index is 0.000000583. The molecule has 4 N–H and O–H groups in total. The van der Waals surface area contributed by atoms with Crippen molar-refractivity contribution in [2.75, 3.05) is 6.61 Å². The second kappa shape index (κ2) is 7.00. The van der Waals surface area contributed by atoms with Crippen LogP contribution in [0.25, 0.3) is 0 Å². The summed E-state index contributed by atoms with van der Waals surface area (Å²) in [5, 5.41) is 33.4. The maximum Gasteiger partial charge on any atom is 0.488 e. The molecule has 82 valence electrons. The summed E-state index contributed by atoms with van der Waals surface area (Å²) < 4.78 is 0. The first-order valence-corrected chi connectivity index (χ1v) is 4.33. The average molecular weight is 212 g/mol. The second-order valence-electron chi connectivity index (χ2n) is 2.62. The van der Waals surface area contributed by atoms with E-state index < -0.39 is 13.1 Å². The highest BCUT2D eigenvalue weighted by atomic mass is 16.4. The summed E-state index contributed by atoms with van der Waals surface area (Å²) in [6, 6.07) is 5.34. The Hall–Kier alpha value is -1.37. The average Bonchev–Trinajstić information content (AvgIpc) is 2.19. The number of benzene rings is 1. The van der Waals surface area contributed by atoms with Crippen molar-refractivity contribution in [3.63, 3.8) is 0 Å². The number of aliphatic hydroxyl groups excluding tert-OH is 1. The maximum atomic E-state index is 10.4. The molecule has 6 heteroatoms. The van der Waals surface area contributed by atoms with E-state index in [1.165, 1.54) is 24.3 Å². The number of carboxylic acids is 1. The molecule has 15 heavy (non-hydrogen) atoms. The van der Waals surface area contributed by atoms with Gasteiger partial charge in [-0.05, 0) is 24.5 Å². The van der Waals surface area contributed by atoms with Crippen LogP contribution in [-0.4, -0.2) is 40.0 Å². The van der Waals surface area contributed by atoms with E-state index in [-0.39, 0.29) is 17.6 Å². The van der Waals surface area contributed by atoms with Crippen LogP contribution in [0, 0.1) is 0 Å². The maximum absolute atomic E-state index is 10.4. The molecule has 0 saturated heterocycles. The molecule has 1 rings (SSSR count). The molecule has 0 heterocycles. The number of rotatable bonds is 2. The zero-order valence-electron chi connectivity index (χ0n) is 8.29. The van der Waals surface area contributed by atoms with Gasteiger partial charge in [-0.3, -0.25) is 0 Å². The molecule has 0 aliphatic rings. The molecule has 0 spiro atoms. The quantitative estimate of drug-likeness (QED) is 0.474. The number of hydrogen-bond donors (Lipinski definition) is 4. The van der Waals surface area contributed by atoms with Crippen LogP contribution in [0.5, 0.6) is 0 Å². The molecule has 0 unspecified atom stereocenters. The Labute approximate surface area is 87.8 Å². The summed E-state index contributed by atoms with van der Waals surface area (Å²) in [5.74, 6) is -1.03. The molecule has 0 amide bonds. The van der Waals surface area contributed by atoms with Crippen molar-refractivity contribution in [2.45, 2.75) is 6.92 Å². The van der Waals surface area contributed by atoms with Gasteiger partial charge in [0.05, 0.1) is 5.56 Å². The predicted octanol–water partition coefficient (Wildman–Crippen LogP) is -0.937. The van der Waals surface area contributed by atoms with E-state index in [1.54, 1.807) is 6.92 Å². The van der Waals surface area contributed by atoms with Crippen LogP contribution in [0.4, 0.5) is 0 Å². The van der Waals surface area contributed by atoms with Gasteiger partial charge in [-0.15, -0.1) is 0 Å². The molecule has 0 saturated carbocycles. The SMILES string of the molecule is CCO.O=C(O)c1ccc(B(O)O)cc1. The molecule has 0 radical (unpaired) electrons. The smallest absolute Gasteiger partial charge is 0.478 e. The van der Waals surface area contributed by atoms with E-state index in [2.05, 4.69) is 0 Å². The summed E-state index contributed by atoms with van der Waals surface area (Å²) in [6.45, 7) is 1.93. The molecular formula is C9H13BO5. The van der Waals surface area contributed by atoms with Crippen molar-refractivity contribution in [2.24, 2.45) is 0 Å². The first kappa shape index (κ1) is 13.6. The van der Waals surface area contributed by atoms with Crippen molar-refractivity contribution in [1.82, 2.24) is 0 Å². The molecule has 0 fully saturated rings.